The lowest BCUT2D eigenvalue weighted by atomic mass is 9.74. The molecule has 7 aromatic rings. The lowest BCUT2D eigenvalue weighted by Crippen LogP contribution is -2.03. The molecule has 0 nitrogen and oxygen atoms in total. The first-order chi connectivity index (χ1) is 39.9. The maximum atomic E-state index is 15.3. The van der Waals surface area contributed by atoms with Crippen LogP contribution in [0.3, 0.4) is 0 Å². The van der Waals surface area contributed by atoms with Crippen molar-refractivity contribution in [1.29, 1.82) is 0 Å². The molecule has 0 spiro atoms. The van der Waals surface area contributed by atoms with E-state index in [1.807, 2.05) is 36.4 Å². The molecule has 0 bridgehead atoms. The van der Waals surface area contributed by atoms with Crippen molar-refractivity contribution in [3.63, 3.8) is 0 Å². The van der Waals surface area contributed by atoms with Crippen LogP contribution in [0.25, 0.3) is 66.8 Å². The highest BCUT2D eigenvalue weighted by Gasteiger charge is 2.29. The summed E-state index contributed by atoms with van der Waals surface area (Å²) < 4.78 is 45.7. The average molecular weight is 1090 g/mol. The third-order valence-corrected chi connectivity index (χ3v) is 17.1. The van der Waals surface area contributed by atoms with E-state index in [0.717, 1.165) is 105 Å². The Kier molecular flexibility index (Phi) is 28.0. The lowest BCUT2D eigenvalue weighted by molar-refractivity contribution is 0.556. The normalized spacial score (nSPS) is 11.5. The van der Waals surface area contributed by atoms with Crippen LogP contribution in [0.1, 0.15) is 230 Å². The maximum absolute atomic E-state index is 15.3. The van der Waals surface area contributed by atoms with Crippen LogP contribution in [-0.4, -0.2) is 0 Å². The summed E-state index contributed by atoms with van der Waals surface area (Å²) in [5.74, 6) is -0.916. The van der Waals surface area contributed by atoms with Crippen molar-refractivity contribution in [2.45, 2.75) is 233 Å². The van der Waals surface area contributed by atoms with E-state index in [9.17, 15) is 0 Å². The van der Waals surface area contributed by atoms with Gasteiger partial charge in [-0.1, -0.05) is 303 Å². The Morgan fingerprint density at radius 2 is 0.333 bits per heavy atom. The molecule has 3 heteroatoms. The predicted molar refractivity (Wildman–Crippen MR) is 346 cm³/mol. The molecule has 0 fully saturated rings. The zero-order chi connectivity index (χ0) is 56.7. The molecule has 0 saturated carbocycles. The number of unbranched alkanes of at least 4 members (excludes halogenated alkanes) is 27. The smallest absolute Gasteiger partial charge is 0.123 e. The van der Waals surface area contributed by atoms with Crippen molar-refractivity contribution >= 4 is 0 Å². The minimum absolute atomic E-state index is 0.297. The quantitative estimate of drug-likeness (QED) is 0.0337. The van der Waals surface area contributed by atoms with Crippen molar-refractivity contribution in [1.82, 2.24) is 0 Å². The Morgan fingerprint density at radius 3 is 0.506 bits per heavy atom. The fraction of sp³-hybridized carbons (Fsp3) is 0.462. The topological polar surface area (TPSA) is 0 Å². The van der Waals surface area contributed by atoms with Crippen LogP contribution < -0.4 is 0 Å². The molecule has 432 valence electrons. The number of benzene rings is 7. The summed E-state index contributed by atoms with van der Waals surface area (Å²) >= 11 is 0. The first-order valence-corrected chi connectivity index (χ1v) is 32.7. The molecule has 7 rings (SSSR count). The number of halogens is 3. The minimum Gasteiger partial charge on any atom is -0.207 e. The Bertz CT molecular complexity index is 2800. The summed E-state index contributed by atoms with van der Waals surface area (Å²) in [5, 5.41) is 0. The molecule has 0 unspecified atom stereocenters. The van der Waals surface area contributed by atoms with E-state index in [4.69, 9.17) is 0 Å². The second-order valence-corrected chi connectivity index (χ2v) is 23.7. The van der Waals surface area contributed by atoms with Crippen LogP contribution in [0, 0.1) is 17.5 Å². The Labute approximate surface area is 489 Å². The van der Waals surface area contributed by atoms with Gasteiger partial charge in [0, 0.05) is 0 Å². The first kappa shape index (κ1) is 62.9. The highest BCUT2D eigenvalue weighted by atomic mass is 19.1. The first-order valence-electron chi connectivity index (χ1n) is 32.7. The predicted octanol–water partition coefficient (Wildman–Crippen LogP) is 25.5. The number of rotatable bonds is 39. The molecule has 0 N–H and O–H groups in total. The molecule has 7 aromatic carbocycles. The fourth-order valence-electron chi connectivity index (χ4n) is 12.3. The zero-order valence-corrected chi connectivity index (χ0v) is 50.3. The van der Waals surface area contributed by atoms with Crippen LogP contribution in [0.4, 0.5) is 13.2 Å². The van der Waals surface area contributed by atoms with Crippen LogP contribution in [0.2, 0.25) is 0 Å². The highest BCUT2D eigenvalue weighted by molar-refractivity contribution is 6.15. The van der Waals surface area contributed by atoms with Crippen LogP contribution in [-0.2, 0) is 19.3 Å². The van der Waals surface area contributed by atoms with Gasteiger partial charge in [0.2, 0.25) is 0 Å². The van der Waals surface area contributed by atoms with Gasteiger partial charge < -0.3 is 0 Å². The number of aryl methyl sites for hydroxylation is 3. The van der Waals surface area contributed by atoms with Crippen molar-refractivity contribution in [3.05, 3.63) is 180 Å². The van der Waals surface area contributed by atoms with Gasteiger partial charge in [-0.2, -0.15) is 0 Å². The molecule has 0 atom stereocenters. The SMILES string of the molecule is CCCCCCCCCCCCc1ccc(-c2c(-c3ccc(F)cc3)c(-c3ccc(F)cc3)c(-c3ccc(CCCCCCCCCCCC)cc3)c(-c3ccc(CCCCCCCCCCCC)cc3)c2-c2ccc(F)cc2)cc1. The molecule has 81 heavy (non-hydrogen) atoms. The van der Waals surface area contributed by atoms with Crippen molar-refractivity contribution in [3.8, 4) is 66.8 Å². The summed E-state index contributed by atoms with van der Waals surface area (Å²) in [6, 6.07) is 48.2. The van der Waals surface area contributed by atoms with Crippen molar-refractivity contribution in [2.24, 2.45) is 0 Å². The van der Waals surface area contributed by atoms with E-state index in [-0.39, 0.29) is 17.5 Å². The number of hydrogen-bond acceptors (Lipinski definition) is 0. The van der Waals surface area contributed by atoms with Gasteiger partial charge in [0.25, 0.3) is 0 Å². The molecule has 0 amide bonds. The van der Waals surface area contributed by atoms with E-state index in [2.05, 4.69) is 93.6 Å². The highest BCUT2D eigenvalue weighted by Crippen LogP contribution is 2.56. The molecule has 0 aromatic heterocycles. The van der Waals surface area contributed by atoms with E-state index >= 15 is 13.2 Å². The van der Waals surface area contributed by atoms with E-state index in [1.54, 1.807) is 36.4 Å². The molecule has 0 aliphatic rings. The summed E-state index contributed by atoms with van der Waals surface area (Å²) in [6.45, 7) is 6.84. The Morgan fingerprint density at radius 1 is 0.185 bits per heavy atom. The zero-order valence-electron chi connectivity index (χ0n) is 50.3. The summed E-state index contributed by atoms with van der Waals surface area (Å²) in [4.78, 5) is 0. The maximum Gasteiger partial charge on any atom is 0.123 e. The summed E-state index contributed by atoms with van der Waals surface area (Å²) in [5.41, 5.74) is 15.5. The molecule has 0 saturated heterocycles. The lowest BCUT2D eigenvalue weighted by Gasteiger charge is -2.29. The van der Waals surface area contributed by atoms with Gasteiger partial charge in [0.15, 0.2) is 0 Å². The van der Waals surface area contributed by atoms with Gasteiger partial charge in [-0.3, -0.25) is 0 Å². The van der Waals surface area contributed by atoms with Gasteiger partial charge in [-0.15, -0.1) is 0 Å². The largest absolute Gasteiger partial charge is 0.207 e. The van der Waals surface area contributed by atoms with Gasteiger partial charge in [0.1, 0.15) is 17.5 Å². The fourth-order valence-corrected chi connectivity index (χ4v) is 12.3. The van der Waals surface area contributed by atoms with Crippen LogP contribution in [0.15, 0.2) is 146 Å². The van der Waals surface area contributed by atoms with Crippen molar-refractivity contribution < 1.29 is 13.2 Å². The summed E-state index contributed by atoms with van der Waals surface area (Å²) in [7, 11) is 0. The van der Waals surface area contributed by atoms with Crippen molar-refractivity contribution in [2.75, 3.05) is 0 Å². The average Bonchev–Trinajstić information content (AvgIpc) is 3.69. The third kappa shape index (κ3) is 20.3. The number of hydrogen-bond donors (Lipinski definition) is 0. The van der Waals surface area contributed by atoms with E-state index in [1.165, 1.54) is 190 Å². The molecule has 0 aliphatic heterocycles. The molecular formula is C78H99F3. The second kappa shape index (κ2) is 36.0. The Balaban J connectivity index is 1.32. The van der Waals surface area contributed by atoms with Gasteiger partial charge in [0.05, 0.1) is 0 Å². The molecule has 0 radical (unpaired) electrons. The Hall–Kier alpha value is -5.67. The molecule has 0 aliphatic carbocycles. The second-order valence-electron chi connectivity index (χ2n) is 23.7. The summed E-state index contributed by atoms with van der Waals surface area (Å²) in [6.07, 6.45) is 42.2. The molecule has 0 heterocycles. The monoisotopic (exact) mass is 1090 g/mol. The van der Waals surface area contributed by atoms with Crippen LogP contribution >= 0.6 is 0 Å². The van der Waals surface area contributed by atoms with E-state index < -0.39 is 0 Å². The van der Waals surface area contributed by atoms with Gasteiger partial charge in [-0.25, -0.2) is 13.2 Å². The minimum atomic E-state index is -0.313. The third-order valence-electron chi connectivity index (χ3n) is 17.1. The van der Waals surface area contributed by atoms with Crippen LogP contribution in [0.5, 0.6) is 0 Å². The standard InChI is InChI=1S/C78H99F3/c1-4-7-10-13-16-19-22-25-28-31-34-61-37-43-64(44-38-61)73-74(65-45-39-62(40-46-65)35-32-29-26-23-20-17-14-11-8-5-2)77(68-51-57-71(80)58-52-68)78(69-53-59-72(81)60-54-69)75(76(73)67-49-55-70(79)56-50-67)66-47-41-63(42-48-66)36-33-30-27-24-21-18-15-12-9-6-3/h37-60H,4-36H2,1-3H3. The van der Waals surface area contributed by atoms with Gasteiger partial charge >= 0.3 is 0 Å². The molecular weight excluding hydrogens is 994 g/mol. The van der Waals surface area contributed by atoms with Gasteiger partial charge in [-0.05, 0) is 158 Å². The van der Waals surface area contributed by atoms with E-state index in [0.29, 0.717) is 0 Å².